The Bertz CT molecular complexity index is 1340. The molecular weight excluding hydrogens is 520 g/mol. The SMILES string of the molecule is Cc1ccc(C(=O)N/C(=C/c2ccc(-c3ccc(Br)cc3)o2)C(=O)N[C@@H]2CCS(=O)(=O)C2)cc1. The summed E-state index contributed by atoms with van der Waals surface area (Å²) >= 11 is 3.40. The van der Waals surface area contributed by atoms with Crippen molar-refractivity contribution in [3.8, 4) is 11.3 Å². The number of hydrogen-bond acceptors (Lipinski definition) is 5. The second-order valence-electron chi connectivity index (χ2n) is 8.16. The summed E-state index contributed by atoms with van der Waals surface area (Å²) in [5.41, 5.74) is 2.21. The van der Waals surface area contributed by atoms with Gasteiger partial charge in [0.1, 0.15) is 17.2 Å². The molecule has 0 spiro atoms. The quantitative estimate of drug-likeness (QED) is 0.456. The zero-order chi connectivity index (χ0) is 24.3. The van der Waals surface area contributed by atoms with Crippen molar-refractivity contribution in [3.05, 3.63) is 87.7 Å². The molecule has 1 aromatic heterocycles. The van der Waals surface area contributed by atoms with Gasteiger partial charge in [-0.05, 0) is 49.7 Å². The fraction of sp³-hybridized carbons (Fsp3) is 0.200. The molecule has 0 saturated carbocycles. The molecule has 1 aliphatic heterocycles. The van der Waals surface area contributed by atoms with Gasteiger partial charge in [-0.2, -0.15) is 0 Å². The van der Waals surface area contributed by atoms with Crippen molar-refractivity contribution in [2.24, 2.45) is 0 Å². The van der Waals surface area contributed by atoms with Gasteiger partial charge in [0.15, 0.2) is 9.84 Å². The highest BCUT2D eigenvalue weighted by Gasteiger charge is 2.30. The lowest BCUT2D eigenvalue weighted by Gasteiger charge is -2.14. The van der Waals surface area contributed by atoms with Crippen LogP contribution in [-0.4, -0.2) is 37.8 Å². The van der Waals surface area contributed by atoms with Gasteiger partial charge in [0.05, 0.1) is 11.5 Å². The van der Waals surface area contributed by atoms with Gasteiger partial charge in [0.25, 0.3) is 11.8 Å². The van der Waals surface area contributed by atoms with Crippen LogP contribution in [0.25, 0.3) is 17.4 Å². The Morgan fingerprint density at radius 1 is 1.03 bits per heavy atom. The monoisotopic (exact) mass is 542 g/mol. The highest BCUT2D eigenvalue weighted by Crippen LogP contribution is 2.25. The van der Waals surface area contributed by atoms with Crippen molar-refractivity contribution < 1.29 is 22.4 Å². The van der Waals surface area contributed by atoms with Crippen LogP contribution in [0.1, 0.15) is 28.1 Å². The molecule has 0 radical (unpaired) electrons. The molecule has 7 nitrogen and oxygen atoms in total. The average molecular weight is 543 g/mol. The standard InChI is InChI=1S/C25H23BrN2O5S/c1-16-2-4-18(5-3-16)24(29)28-22(25(30)27-20-12-13-34(31,32)15-20)14-21-10-11-23(33-21)17-6-8-19(26)9-7-17/h2-11,14,20H,12-13,15H2,1H3,(H,27,30)(H,28,29)/b22-14+/t20-/m1/s1. The van der Waals surface area contributed by atoms with E-state index in [1.807, 2.05) is 31.2 Å². The lowest BCUT2D eigenvalue weighted by atomic mass is 10.1. The van der Waals surface area contributed by atoms with E-state index in [1.54, 1.807) is 36.4 Å². The van der Waals surface area contributed by atoms with Crippen LogP contribution < -0.4 is 10.6 Å². The molecule has 2 aromatic carbocycles. The zero-order valence-electron chi connectivity index (χ0n) is 18.4. The van der Waals surface area contributed by atoms with E-state index >= 15 is 0 Å². The predicted molar refractivity (Wildman–Crippen MR) is 134 cm³/mol. The van der Waals surface area contributed by atoms with E-state index in [0.717, 1.165) is 15.6 Å². The Kier molecular flexibility index (Phi) is 7.04. The fourth-order valence-electron chi connectivity index (χ4n) is 3.57. The highest BCUT2D eigenvalue weighted by molar-refractivity contribution is 9.10. The van der Waals surface area contributed by atoms with Crippen molar-refractivity contribution in [2.45, 2.75) is 19.4 Å². The van der Waals surface area contributed by atoms with E-state index in [2.05, 4.69) is 26.6 Å². The Morgan fingerprint density at radius 3 is 2.38 bits per heavy atom. The summed E-state index contributed by atoms with van der Waals surface area (Å²) in [4.78, 5) is 25.8. The van der Waals surface area contributed by atoms with E-state index < -0.39 is 27.7 Å². The summed E-state index contributed by atoms with van der Waals surface area (Å²) in [7, 11) is -3.17. The third-order valence-electron chi connectivity index (χ3n) is 5.42. The Balaban J connectivity index is 1.59. The molecule has 0 aliphatic carbocycles. The van der Waals surface area contributed by atoms with E-state index in [4.69, 9.17) is 4.42 Å². The second kappa shape index (κ2) is 9.99. The number of furan rings is 1. The van der Waals surface area contributed by atoms with Crippen molar-refractivity contribution in [3.63, 3.8) is 0 Å². The van der Waals surface area contributed by atoms with Gasteiger partial charge >= 0.3 is 0 Å². The average Bonchev–Trinajstić information content (AvgIpc) is 3.40. The van der Waals surface area contributed by atoms with Gasteiger partial charge in [-0.25, -0.2) is 8.42 Å². The first-order chi connectivity index (χ1) is 16.2. The molecule has 1 atom stereocenters. The molecule has 1 saturated heterocycles. The summed E-state index contributed by atoms with van der Waals surface area (Å²) in [5, 5.41) is 5.36. The molecule has 4 rings (SSSR count). The van der Waals surface area contributed by atoms with Crippen LogP contribution in [0.5, 0.6) is 0 Å². The number of aryl methyl sites for hydroxylation is 1. The molecule has 0 bridgehead atoms. The molecule has 2 N–H and O–H groups in total. The van der Waals surface area contributed by atoms with Crippen LogP contribution in [-0.2, 0) is 14.6 Å². The minimum Gasteiger partial charge on any atom is -0.457 e. The molecule has 2 amide bonds. The Hall–Kier alpha value is -3.17. The minimum atomic E-state index is -3.17. The number of hydrogen-bond donors (Lipinski definition) is 2. The molecule has 1 aliphatic rings. The van der Waals surface area contributed by atoms with E-state index in [1.165, 1.54) is 6.08 Å². The zero-order valence-corrected chi connectivity index (χ0v) is 20.8. The topological polar surface area (TPSA) is 105 Å². The first kappa shape index (κ1) is 24.0. The molecule has 34 heavy (non-hydrogen) atoms. The first-order valence-corrected chi connectivity index (χ1v) is 13.3. The Labute approximate surface area is 206 Å². The molecule has 9 heteroatoms. The highest BCUT2D eigenvalue weighted by atomic mass is 79.9. The molecule has 3 aromatic rings. The largest absolute Gasteiger partial charge is 0.457 e. The predicted octanol–water partition coefficient (Wildman–Crippen LogP) is 4.09. The number of amides is 2. The number of carbonyl (C=O) groups is 2. The fourth-order valence-corrected chi connectivity index (χ4v) is 5.51. The molecule has 2 heterocycles. The minimum absolute atomic E-state index is 0.0292. The first-order valence-electron chi connectivity index (χ1n) is 10.7. The van der Waals surface area contributed by atoms with E-state index in [-0.39, 0.29) is 17.2 Å². The number of rotatable bonds is 6. The molecular formula is C25H23BrN2O5S. The number of sulfone groups is 1. The van der Waals surface area contributed by atoms with E-state index in [9.17, 15) is 18.0 Å². The smallest absolute Gasteiger partial charge is 0.268 e. The van der Waals surface area contributed by atoms with Crippen molar-refractivity contribution in [1.82, 2.24) is 10.6 Å². The third kappa shape index (κ3) is 6.03. The maximum Gasteiger partial charge on any atom is 0.268 e. The summed E-state index contributed by atoms with van der Waals surface area (Å²) < 4.78 is 30.4. The third-order valence-corrected chi connectivity index (χ3v) is 7.71. The summed E-state index contributed by atoms with van der Waals surface area (Å²) in [6.45, 7) is 1.91. The maximum atomic E-state index is 13.0. The maximum absolute atomic E-state index is 13.0. The van der Waals surface area contributed by atoms with Crippen LogP contribution in [0.3, 0.4) is 0 Å². The molecule has 176 valence electrons. The van der Waals surface area contributed by atoms with E-state index in [0.29, 0.717) is 23.5 Å². The molecule has 0 unspecified atom stereocenters. The van der Waals surface area contributed by atoms with Crippen LogP contribution in [0.4, 0.5) is 0 Å². The number of halogens is 1. The van der Waals surface area contributed by atoms with Gasteiger partial charge in [-0.3, -0.25) is 9.59 Å². The van der Waals surface area contributed by atoms with Gasteiger partial charge in [-0.1, -0.05) is 45.8 Å². The van der Waals surface area contributed by atoms with Crippen LogP contribution in [0.2, 0.25) is 0 Å². The summed E-state index contributed by atoms with van der Waals surface area (Å²) in [5.74, 6) is -0.158. The van der Waals surface area contributed by atoms with Gasteiger partial charge in [0.2, 0.25) is 0 Å². The lowest BCUT2D eigenvalue weighted by molar-refractivity contribution is -0.118. The van der Waals surface area contributed by atoms with Crippen LogP contribution in [0.15, 0.2) is 75.3 Å². The normalized spacial score (nSPS) is 17.4. The van der Waals surface area contributed by atoms with Crippen LogP contribution in [0, 0.1) is 6.92 Å². The van der Waals surface area contributed by atoms with Gasteiger partial charge < -0.3 is 15.1 Å². The van der Waals surface area contributed by atoms with Gasteiger partial charge in [0, 0.05) is 27.7 Å². The van der Waals surface area contributed by atoms with Crippen molar-refractivity contribution in [2.75, 3.05) is 11.5 Å². The number of nitrogens with one attached hydrogen (secondary N) is 2. The number of benzene rings is 2. The van der Waals surface area contributed by atoms with Crippen molar-refractivity contribution in [1.29, 1.82) is 0 Å². The molecule has 1 fully saturated rings. The second-order valence-corrected chi connectivity index (χ2v) is 11.3. The van der Waals surface area contributed by atoms with Crippen molar-refractivity contribution >= 4 is 43.7 Å². The lowest BCUT2D eigenvalue weighted by Crippen LogP contribution is -2.41. The summed E-state index contributed by atoms with van der Waals surface area (Å²) in [6.07, 6.45) is 1.77. The van der Waals surface area contributed by atoms with Gasteiger partial charge in [-0.15, -0.1) is 0 Å². The summed E-state index contributed by atoms with van der Waals surface area (Å²) in [6, 6.07) is 17.5. The number of carbonyl (C=O) groups excluding carboxylic acids is 2. The Morgan fingerprint density at radius 2 is 1.74 bits per heavy atom. The van der Waals surface area contributed by atoms with Crippen LogP contribution >= 0.6 is 15.9 Å².